The summed E-state index contributed by atoms with van der Waals surface area (Å²) in [6.07, 6.45) is 3.76. The number of nitrogens with two attached hydrogens (primary N) is 1. The van der Waals surface area contributed by atoms with Gasteiger partial charge in [-0.3, -0.25) is 4.99 Å². The molecule has 0 radical (unpaired) electrons. The molecule has 2 heterocycles. The van der Waals surface area contributed by atoms with Gasteiger partial charge in [0.1, 0.15) is 5.75 Å². The van der Waals surface area contributed by atoms with Crippen molar-refractivity contribution >= 4 is 40.0 Å². The summed E-state index contributed by atoms with van der Waals surface area (Å²) in [6.45, 7) is 2.42. The summed E-state index contributed by atoms with van der Waals surface area (Å²) in [5, 5.41) is 3.29. The molecule has 3 rings (SSSR count). The number of aliphatic imine (C=N–C) groups is 1. The molecule has 0 amide bonds. The number of para-hydroxylation sites is 1. The molecule has 1 aromatic carbocycles. The molecule has 0 saturated carbocycles. The van der Waals surface area contributed by atoms with Crippen molar-refractivity contribution in [1.29, 1.82) is 0 Å². The van der Waals surface area contributed by atoms with Crippen LogP contribution in [-0.4, -0.2) is 51.2 Å². The fraction of sp³-hybridized carbons (Fsp3) is 0.588. The van der Waals surface area contributed by atoms with E-state index in [2.05, 4.69) is 10.3 Å². The van der Waals surface area contributed by atoms with Crippen LogP contribution >= 0.6 is 24.0 Å². The van der Waals surface area contributed by atoms with E-state index < -0.39 is 10.0 Å². The summed E-state index contributed by atoms with van der Waals surface area (Å²) in [5.41, 5.74) is 7.17. The molecule has 0 aromatic heterocycles. The maximum Gasteiger partial charge on any atom is 0.211 e. The third kappa shape index (κ3) is 5.46. The second-order valence-electron chi connectivity index (χ2n) is 6.70. The van der Waals surface area contributed by atoms with Gasteiger partial charge in [0.2, 0.25) is 10.0 Å². The van der Waals surface area contributed by atoms with Crippen LogP contribution in [0.2, 0.25) is 0 Å². The van der Waals surface area contributed by atoms with Crippen molar-refractivity contribution in [3.8, 4) is 5.75 Å². The van der Waals surface area contributed by atoms with Gasteiger partial charge in [-0.25, -0.2) is 12.7 Å². The van der Waals surface area contributed by atoms with Gasteiger partial charge in [0, 0.05) is 31.6 Å². The number of rotatable bonds is 4. The first-order chi connectivity index (χ1) is 11.9. The molecule has 1 aromatic rings. The summed E-state index contributed by atoms with van der Waals surface area (Å²) in [7, 11) is -3.08. The summed E-state index contributed by atoms with van der Waals surface area (Å²) < 4.78 is 30.3. The molecular formula is C17H27IN4O3S. The van der Waals surface area contributed by atoms with Crippen molar-refractivity contribution in [2.24, 2.45) is 16.6 Å². The number of halogens is 1. The minimum atomic E-state index is -3.08. The Bertz CT molecular complexity index is 733. The topological polar surface area (TPSA) is 97.0 Å². The van der Waals surface area contributed by atoms with Crippen LogP contribution in [0.4, 0.5) is 0 Å². The fourth-order valence-corrected chi connectivity index (χ4v) is 4.24. The zero-order valence-corrected chi connectivity index (χ0v) is 18.1. The Kier molecular flexibility index (Phi) is 7.53. The number of hydrogen-bond donors (Lipinski definition) is 2. The molecule has 0 bridgehead atoms. The lowest BCUT2D eigenvalue weighted by atomic mass is 9.98. The Balaban J connectivity index is 0.00000243. The molecule has 146 valence electrons. The lowest BCUT2D eigenvalue weighted by Gasteiger charge is -2.29. The maximum absolute atomic E-state index is 11.5. The highest BCUT2D eigenvalue weighted by Crippen LogP contribution is 2.31. The molecule has 1 unspecified atom stereocenters. The lowest BCUT2D eigenvalue weighted by molar-refractivity contribution is 0.261. The zero-order chi connectivity index (χ0) is 17.9. The Hall–Kier alpha value is -1.07. The monoisotopic (exact) mass is 494 g/mol. The van der Waals surface area contributed by atoms with Crippen LogP contribution in [0.25, 0.3) is 0 Å². The van der Waals surface area contributed by atoms with Crippen LogP contribution in [0.5, 0.6) is 5.75 Å². The van der Waals surface area contributed by atoms with Crippen LogP contribution in [0.15, 0.2) is 29.3 Å². The number of fused-ring (bicyclic) bond motifs is 1. The molecule has 1 atom stereocenters. The zero-order valence-electron chi connectivity index (χ0n) is 14.9. The number of benzene rings is 1. The Morgan fingerprint density at radius 3 is 2.69 bits per heavy atom. The van der Waals surface area contributed by atoms with E-state index in [4.69, 9.17) is 10.5 Å². The van der Waals surface area contributed by atoms with E-state index in [0.29, 0.717) is 38.1 Å². The molecule has 0 aliphatic carbocycles. The Morgan fingerprint density at radius 1 is 1.31 bits per heavy atom. The highest BCUT2D eigenvalue weighted by molar-refractivity contribution is 14.0. The number of nitrogens with one attached hydrogen (secondary N) is 1. The summed E-state index contributed by atoms with van der Waals surface area (Å²) in [5.74, 6) is 1.71. The van der Waals surface area contributed by atoms with Crippen molar-refractivity contribution in [2.45, 2.75) is 25.3 Å². The van der Waals surface area contributed by atoms with Gasteiger partial charge in [-0.2, -0.15) is 0 Å². The molecule has 7 nitrogen and oxygen atoms in total. The SMILES string of the molecule is CS(=O)(=O)N1CCC(CN=C(N)NC2CCOc3ccccc32)CC1.I. The number of sulfonamides is 1. The molecule has 26 heavy (non-hydrogen) atoms. The van der Waals surface area contributed by atoms with E-state index in [0.717, 1.165) is 30.6 Å². The van der Waals surface area contributed by atoms with Gasteiger partial charge < -0.3 is 15.8 Å². The molecule has 3 N–H and O–H groups in total. The summed E-state index contributed by atoms with van der Waals surface area (Å²) in [4.78, 5) is 4.48. The smallest absolute Gasteiger partial charge is 0.211 e. The van der Waals surface area contributed by atoms with Crippen molar-refractivity contribution in [3.05, 3.63) is 29.8 Å². The van der Waals surface area contributed by atoms with Gasteiger partial charge in [0.25, 0.3) is 0 Å². The average molecular weight is 494 g/mol. The third-order valence-corrected chi connectivity index (χ3v) is 6.15. The quantitative estimate of drug-likeness (QED) is 0.378. The van der Waals surface area contributed by atoms with Gasteiger partial charge in [0.05, 0.1) is 18.9 Å². The highest BCUT2D eigenvalue weighted by atomic mass is 127. The van der Waals surface area contributed by atoms with E-state index in [1.807, 2.05) is 24.3 Å². The maximum atomic E-state index is 11.5. The Morgan fingerprint density at radius 2 is 2.00 bits per heavy atom. The predicted octanol–water partition coefficient (Wildman–Crippen LogP) is 1.70. The number of nitrogens with zero attached hydrogens (tertiary/aromatic N) is 2. The number of ether oxygens (including phenoxy) is 1. The van der Waals surface area contributed by atoms with Crippen LogP contribution in [0.1, 0.15) is 30.9 Å². The summed E-state index contributed by atoms with van der Waals surface area (Å²) >= 11 is 0. The number of piperidine rings is 1. The first kappa shape index (κ1) is 21.2. The number of guanidine groups is 1. The third-order valence-electron chi connectivity index (χ3n) is 4.84. The van der Waals surface area contributed by atoms with Crippen LogP contribution in [0, 0.1) is 5.92 Å². The van der Waals surface area contributed by atoms with Gasteiger partial charge in [-0.05, 0) is 24.8 Å². The van der Waals surface area contributed by atoms with Gasteiger partial charge in [-0.15, -0.1) is 24.0 Å². The average Bonchev–Trinajstić information content (AvgIpc) is 2.60. The lowest BCUT2D eigenvalue weighted by Crippen LogP contribution is -2.39. The first-order valence-electron chi connectivity index (χ1n) is 8.67. The largest absolute Gasteiger partial charge is 0.493 e. The minimum absolute atomic E-state index is 0. The van der Waals surface area contributed by atoms with E-state index >= 15 is 0 Å². The van der Waals surface area contributed by atoms with Gasteiger partial charge >= 0.3 is 0 Å². The molecule has 9 heteroatoms. The van der Waals surface area contributed by atoms with E-state index in [1.165, 1.54) is 10.6 Å². The van der Waals surface area contributed by atoms with Crippen molar-refractivity contribution in [2.75, 3.05) is 32.5 Å². The second-order valence-corrected chi connectivity index (χ2v) is 8.69. The van der Waals surface area contributed by atoms with Crippen LogP contribution in [-0.2, 0) is 10.0 Å². The standard InChI is InChI=1S/C17H26N4O3S.HI/c1-25(22,23)21-9-6-13(7-10-21)12-19-17(18)20-15-8-11-24-16-5-3-2-4-14(15)16;/h2-5,13,15H,6-12H2,1H3,(H3,18,19,20);1H. The Labute approximate surface area is 172 Å². The minimum Gasteiger partial charge on any atom is -0.493 e. The van der Waals surface area contributed by atoms with E-state index in [-0.39, 0.29) is 30.0 Å². The molecular weight excluding hydrogens is 467 g/mol. The van der Waals surface area contributed by atoms with Crippen molar-refractivity contribution in [1.82, 2.24) is 9.62 Å². The molecule has 1 fully saturated rings. The van der Waals surface area contributed by atoms with Crippen molar-refractivity contribution in [3.63, 3.8) is 0 Å². The molecule has 1 saturated heterocycles. The van der Waals surface area contributed by atoms with Gasteiger partial charge in [-0.1, -0.05) is 18.2 Å². The van der Waals surface area contributed by atoms with E-state index in [9.17, 15) is 8.42 Å². The number of hydrogen-bond acceptors (Lipinski definition) is 4. The van der Waals surface area contributed by atoms with Gasteiger partial charge in [0.15, 0.2) is 5.96 Å². The normalized spacial score (nSPS) is 22.0. The van der Waals surface area contributed by atoms with E-state index in [1.54, 1.807) is 0 Å². The second kappa shape index (κ2) is 9.23. The molecule has 2 aliphatic rings. The highest BCUT2D eigenvalue weighted by Gasteiger charge is 2.25. The van der Waals surface area contributed by atoms with Crippen LogP contribution < -0.4 is 15.8 Å². The molecule has 2 aliphatic heterocycles. The predicted molar refractivity (Wildman–Crippen MR) is 113 cm³/mol. The fourth-order valence-electron chi connectivity index (χ4n) is 3.37. The molecule has 0 spiro atoms. The first-order valence-corrected chi connectivity index (χ1v) is 10.5. The van der Waals surface area contributed by atoms with Crippen molar-refractivity contribution < 1.29 is 13.2 Å². The van der Waals surface area contributed by atoms with Crippen LogP contribution in [0.3, 0.4) is 0 Å². The summed E-state index contributed by atoms with van der Waals surface area (Å²) in [6, 6.07) is 8.07.